The van der Waals surface area contributed by atoms with Gasteiger partial charge in [-0.1, -0.05) is 15.9 Å². The number of nitrogens with one attached hydrogen (secondary N) is 1. The van der Waals surface area contributed by atoms with Crippen LogP contribution in [0.25, 0.3) is 22.4 Å². The summed E-state index contributed by atoms with van der Waals surface area (Å²) >= 11 is 4.53. The molecule has 0 atom stereocenters. The number of nitrogens with zero attached hydrogens (tertiary/aromatic N) is 2. The van der Waals surface area contributed by atoms with E-state index in [-0.39, 0.29) is 11.7 Å². The van der Waals surface area contributed by atoms with Crippen molar-refractivity contribution >= 4 is 49.5 Å². The lowest BCUT2D eigenvalue weighted by Crippen LogP contribution is -2.11. The largest absolute Gasteiger partial charge is 0.493 e. The molecule has 148 valence electrons. The standard InChI is InChI=1S/C20H16BrN3O4S/c1-10-13-9-12(21)5-7-14(13)28-17(10)19(25)23-20-22-18(24-29-20)11-4-6-15(26-2)16(8-11)27-3/h4-9H,1-3H3,(H,22,23,24,25). The predicted octanol–water partition coefficient (Wildman–Crippen LogP) is 5.29. The zero-order valence-corrected chi connectivity index (χ0v) is 18.2. The summed E-state index contributed by atoms with van der Waals surface area (Å²) in [4.78, 5) is 17.1. The normalized spacial score (nSPS) is 10.9. The molecule has 0 spiro atoms. The average Bonchev–Trinajstić information content (AvgIpc) is 3.32. The van der Waals surface area contributed by atoms with Crippen LogP contribution < -0.4 is 14.8 Å². The minimum Gasteiger partial charge on any atom is -0.493 e. The van der Waals surface area contributed by atoms with E-state index in [9.17, 15) is 4.79 Å². The first-order valence-corrected chi connectivity index (χ1v) is 10.1. The Kier molecular flexibility index (Phi) is 5.25. The van der Waals surface area contributed by atoms with E-state index >= 15 is 0 Å². The molecule has 0 saturated carbocycles. The van der Waals surface area contributed by atoms with Gasteiger partial charge in [-0.15, -0.1) is 0 Å². The Labute approximate surface area is 179 Å². The Balaban J connectivity index is 1.58. The van der Waals surface area contributed by atoms with Crippen molar-refractivity contribution in [2.75, 3.05) is 19.5 Å². The Morgan fingerprint density at radius 1 is 1.14 bits per heavy atom. The Hall–Kier alpha value is -2.91. The van der Waals surface area contributed by atoms with E-state index in [0.717, 1.165) is 32.5 Å². The molecule has 0 aliphatic carbocycles. The van der Waals surface area contributed by atoms with Crippen LogP contribution in [0.4, 0.5) is 5.13 Å². The van der Waals surface area contributed by atoms with Crippen molar-refractivity contribution < 1.29 is 18.7 Å². The number of carbonyl (C=O) groups excluding carboxylic acids is 1. The Morgan fingerprint density at radius 2 is 1.93 bits per heavy atom. The molecule has 29 heavy (non-hydrogen) atoms. The summed E-state index contributed by atoms with van der Waals surface area (Å²) in [6, 6.07) is 11.0. The molecular formula is C20H16BrN3O4S. The number of amides is 1. The van der Waals surface area contributed by atoms with Gasteiger partial charge in [-0.3, -0.25) is 10.1 Å². The van der Waals surface area contributed by atoms with Gasteiger partial charge in [0.15, 0.2) is 23.1 Å². The van der Waals surface area contributed by atoms with Crippen LogP contribution in [-0.4, -0.2) is 29.5 Å². The van der Waals surface area contributed by atoms with Crippen molar-refractivity contribution in [3.63, 3.8) is 0 Å². The third-order valence-corrected chi connectivity index (χ3v) is 5.52. The highest BCUT2D eigenvalue weighted by molar-refractivity contribution is 9.10. The third-order valence-electron chi connectivity index (χ3n) is 4.39. The maximum Gasteiger partial charge on any atom is 0.293 e. The molecule has 0 radical (unpaired) electrons. The van der Waals surface area contributed by atoms with Crippen LogP contribution in [0.2, 0.25) is 0 Å². The van der Waals surface area contributed by atoms with Crippen molar-refractivity contribution in [3.8, 4) is 22.9 Å². The van der Waals surface area contributed by atoms with E-state index in [4.69, 9.17) is 13.9 Å². The molecule has 0 saturated heterocycles. The van der Waals surface area contributed by atoms with Gasteiger partial charge in [0, 0.05) is 32.5 Å². The highest BCUT2D eigenvalue weighted by atomic mass is 79.9. The quantitative estimate of drug-likeness (QED) is 0.423. The molecule has 1 amide bonds. The summed E-state index contributed by atoms with van der Waals surface area (Å²) in [5.74, 6) is 1.56. The zero-order valence-electron chi connectivity index (χ0n) is 15.8. The molecule has 2 aromatic carbocycles. The zero-order chi connectivity index (χ0) is 20.5. The fraction of sp³-hybridized carbons (Fsp3) is 0.150. The van der Waals surface area contributed by atoms with Crippen LogP contribution in [0.15, 0.2) is 45.3 Å². The first-order chi connectivity index (χ1) is 14.0. The van der Waals surface area contributed by atoms with Gasteiger partial charge in [0.05, 0.1) is 14.2 Å². The molecule has 4 aromatic rings. The number of fused-ring (bicyclic) bond motifs is 1. The average molecular weight is 474 g/mol. The minimum absolute atomic E-state index is 0.251. The number of halogens is 1. The number of rotatable bonds is 5. The predicted molar refractivity (Wildman–Crippen MR) is 115 cm³/mol. The second kappa shape index (κ2) is 7.84. The number of ether oxygens (including phenoxy) is 2. The number of hydrogen-bond acceptors (Lipinski definition) is 7. The smallest absolute Gasteiger partial charge is 0.293 e. The minimum atomic E-state index is -0.371. The topological polar surface area (TPSA) is 86.5 Å². The lowest BCUT2D eigenvalue weighted by Gasteiger charge is -2.07. The summed E-state index contributed by atoms with van der Waals surface area (Å²) in [5, 5.41) is 4.02. The summed E-state index contributed by atoms with van der Waals surface area (Å²) < 4.78 is 21.5. The molecule has 4 rings (SSSR count). The van der Waals surface area contributed by atoms with E-state index in [1.165, 1.54) is 0 Å². The first-order valence-electron chi connectivity index (χ1n) is 8.56. The van der Waals surface area contributed by atoms with Crippen LogP contribution in [0.3, 0.4) is 0 Å². The van der Waals surface area contributed by atoms with Crippen molar-refractivity contribution in [2.45, 2.75) is 6.92 Å². The maximum absolute atomic E-state index is 12.7. The summed E-state index contributed by atoms with van der Waals surface area (Å²) in [6.07, 6.45) is 0. The number of aromatic nitrogens is 2. The lowest BCUT2D eigenvalue weighted by atomic mass is 10.1. The van der Waals surface area contributed by atoms with Gasteiger partial charge in [-0.05, 0) is 43.3 Å². The van der Waals surface area contributed by atoms with Gasteiger partial charge in [0.2, 0.25) is 5.13 Å². The lowest BCUT2D eigenvalue weighted by molar-refractivity contribution is 0.0998. The fourth-order valence-electron chi connectivity index (χ4n) is 2.93. The van der Waals surface area contributed by atoms with Crippen molar-refractivity contribution in [1.82, 2.24) is 9.36 Å². The number of benzene rings is 2. The third kappa shape index (κ3) is 3.70. The molecule has 0 bridgehead atoms. The van der Waals surface area contributed by atoms with Crippen LogP contribution >= 0.6 is 27.5 Å². The van der Waals surface area contributed by atoms with Crippen molar-refractivity contribution in [2.24, 2.45) is 0 Å². The van der Waals surface area contributed by atoms with Gasteiger partial charge in [-0.2, -0.15) is 9.36 Å². The molecule has 2 aromatic heterocycles. The summed E-state index contributed by atoms with van der Waals surface area (Å²) in [6.45, 7) is 1.85. The van der Waals surface area contributed by atoms with Crippen LogP contribution in [0.1, 0.15) is 16.1 Å². The molecule has 0 unspecified atom stereocenters. The van der Waals surface area contributed by atoms with E-state index in [2.05, 4.69) is 30.6 Å². The van der Waals surface area contributed by atoms with Crippen molar-refractivity contribution in [1.29, 1.82) is 0 Å². The molecule has 9 heteroatoms. The van der Waals surface area contributed by atoms with Gasteiger partial charge >= 0.3 is 0 Å². The summed E-state index contributed by atoms with van der Waals surface area (Å²) in [7, 11) is 3.14. The number of hydrogen-bond donors (Lipinski definition) is 1. The Bertz CT molecular complexity index is 1220. The number of anilines is 1. The molecule has 2 heterocycles. The molecule has 0 aliphatic rings. The number of aryl methyl sites for hydroxylation is 1. The van der Waals surface area contributed by atoms with E-state index in [1.54, 1.807) is 26.4 Å². The van der Waals surface area contributed by atoms with Crippen LogP contribution in [0.5, 0.6) is 11.5 Å². The monoisotopic (exact) mass is 473 g/mol. The van der Waals surface area contributed by atoms with Gasteiger partial charge in [-0.25, -0.2) is 0 Å². The first kappa shape index (κ1) is 19.4. The van der Waals surface area contributed by atoms with E-state index in [0.29, 0.717) is 28.0 Å². The highest BCUT2D eigenvalue weighted by Crippen LogP contribution is 2.33. The van der Waals surface area contributed by atoms with Crippen LogP contribution in [-0.2, 0) is 0 Å². The SMILES string of the molecule is COc1ccc(-c2nsc(NC(=O)c3oc4ccc(Br)cc4c3C)n2)cc1OC. The number of methoxy groups -OCH3 is 2. The van der Waals surface area contributed by atoms with Gasteiger partial charge in [0.1, 0.15) is 5.58 Å². The number of carbonyl (C=O) groups is 1. The fourth-order valence-corrected chi connectivity index (χ4v) is 3.88. The Morgan fingerprint density at radius 3 is 2.69 bits per heavy atom. The second-order valence-electron chi connectivity index (χ2n) is 6.14. The van der Waals surface area contributed by atoms with E-state index in [1.807, 2.05) is 31.2 Å². The van der Waals surface area contributed by atoms with E-state index < -0.39 is 0 Å². The van der Waals surface area contributed by atoms with Crippen LogP contribution in [0, 0.1) is 6.92 Å². The molecule has 1 N–H and O–H groups in total. The molecule has 0 aliphatic heterocycles. The van der Waals surface area contributed by atoms with Crippen molar-refractivity contribution in [3.05, 3.63) is 52.2 Å². The molecule has 0 fully saturated rings. The second-order valence-corrected chi connectivity index (χ2v) is 7.81. The highest BCUT2D eigenvalue weighted by Gasteiger charge is 2.20. The van der Waals surface area contributed by atoms with Gasteiger partial charge in [0.25, 0.3) is 5.91 Å². The molecule has 7 nitrogen and oxygen atoms in total. The van der Waals surface area contributed by atoms with Gasteiger partial charge < -0.3 is 13.9 Å². The molecular weight excluding hydrogens is 458 g/mol. The maximum atomic E-state index is 12.7. The summed E-state index contributed by atoms with van der Waals surface area (Å²) in [5.41, 5.74) is 2.17. The number of furan rings is 1.